The van der Waals surface area contributed by atoms with E-state index in [9.17, 15) is 0 Å². The highest BCUT2D eigenvalue weighted by molar-refractivity contribution is 5.30. The molecule has 4 heteroatoms. The first-order chi connectivity index (χ1) is 23.8. The first kappa shape index (κ1) is 38.2. The zero-order valence-corrected chi connectivity index (χ0v) is 32.2. The molecule has 0 N–H and O–H groups in total. The Morgan fingerprint density at radius 2 is 1.20 bits per heavy atom. The second kappa shape index (κ2) is 19.0. The van der Waals surface area contributed by atoms with Crippen molar-refractivity contribution in [3.8, 4) is 11.5 Å². The molecule has 9 atom stereocenters. The highest BCUT2D eigenvalue weighted by Crippen LogP contribution is 2.61. The Morgan fingerprint density at radius 3 is 1.78 bits per heavy atom. The van der Waals surface area contributed by atoms with Gasteiger partial charge in [0.25, 0.3) is 0 Å². The number of rotatable bonds is 16. The second-order valence-electron chi connectivity index (χ2n) is 16.4. The van der Waals surface area contributed by atoms with Crippen LogP contribution >= 0.6 is 0 Å². The van der Waals surface area contributed by atoms with E-state index >= 15 is 0 Å². The van der Waals surface area contributed by atoms with Crippen molar-refractivity contribution in [2.45, 2.75) is 156 Å². The molecule has 4 nitrogen and oxygen atoms in total. The van der Waals surface area contributed by atoms with Crippen molar-refractivity contribution in [3.63, 3.8) is 0 Å². The molecule has 0 saturated heterocycles. The fourth-order valence-electron chi connectivity index (χ4n) is 9.57. The van der Waals surface area contributed by atoms with Crippen LogP contribution in [-0.4, -0.2) is 25.8 Å². The summed E-state index contributed by atoms with van der Waals surface area (Å²) in [4.78, 5) is 0. The van der Waals surface area contributed by atoms with Crippen LogP contribution in [-0.2, 0) is 9.47 Å². The van der Waals surface area contributed by atoms with Crippen molar-refractivity contribution in [3.05, 3.63) is 59.7 Å². The molecular weight excluding hydrogens is 604 g/mol. The van der Waals surface area contributed by atoms with Gasteiger partial charge < -0.3 is 18.9 Å². The Hall–Kier alpha value is -2.04. The van der Waals surface area contributed by atoms with Crippen LogP contribution in [0.2, 0.25) is 0 Å². The molecule has 0 aromatic heterocycles. The molecule has 0 spiro atoms. The highest BCUT2D eigenvalue weighted by atomic mass is 16.7. The summed E-state index contributed by atoms with van der Waals surface area (Å²) in [6, 6.07) is 17.2. The number of hydrogen-bond donors (Lipinski definition) is 0. The lowest BCUT2D eigenvalue weighted by Crippen LogP contribution is -2.31. The van der Waals surface area contributed by atoms with E-state index in [-0.39, 0.29) is 12.6 Å². The molecule has 2 aromatic rings. The molecule has 0 aliphatic heterocycles. The molecule has 2 bridgehead atoms. The summed E-state index contributed by atoms with van der Waals surface area (Å²) >= 11 is 0. The van der Waals surface area contributed by atoms with E-state index in [2.05, 4.69) is 90.1 Å². The third kappa shape index (κ3) is 10.3. The summed E-state index contributed by atoms with van der Waals surface area (Å²) in [5.41, 5.74) is 2.77. The first-order valence-electron chi connectivity index (χ1n) is 20.6. The number of fused-ring (bicyclic) bond motifs is 5. The number of ether oxygens (including phenoxy) is 4. The van der Waals surface area contributed by atoms with Gasteiger partial charge in [0.1, 0.15) is 11.5 Å². The predicted molar refractivity (Wildman–Crippen MR) is 203 cm³/mol. The maximum Gasteiger partial charge on any atom is 0.202 e. The van der Waals surface area contributed by atoms with Crippen LogP contribution in [0.15, 0.2) is 48.5 Å². The molecule has 6 rings (SSSR count). The van der Waals surface area contributed by atoms with Crippen LogP contribution in [0.5, 0.6) is 11.5 Å². The molecule has 4 aliphatic carbocycles. The van der Waals surface area contributed by atoms with Gasteiger partial charge in [0.05, 0.1) is 6.61 Å². The third-order valence-corrected chi connectivity index (χ3v) is 12.9. The Morgan fingerprint density at radius 1 is 0.612 bits per heavy atom. The molecule has 4 saturated carbocycles. The molecule has 49 heavy (non-hydrogen) atoms. The van der Waals surface area contributed by atoms with Crippen LogP contribution in [0.4, 0.5) is 0 Å². The molecule has 274 valence electrons. The van der Waals surface area contributed by atoms with Crippen molar-refractivity contribution in [1.29, 1.82) is 0 Å². The summed E-state index contributed by atoms with van der Waals surface area (Å²) in [6.45, 7) is 17.0. The van der Waals surface area contributed by atoms with Crippen LogP contribution < -0.4 is 9.47 Å². The molecule has 2 aromatic carbocycles. The van der Waals surface area contributed by atoms with E-state index < -0.39 is 0 Å². The predicted octanol–water partition coefficient (Wildman–Crippen LogP) is 12.6. The zero-order valence-electron chi connectivity index (χ0n) is 32.2. The summed E-state index contributed by atoms with van der Waals surface area (Å²) in [5.74, 6) is 9.10. The van der Waals surface area contributed by atoms with E-state index in [1.165, 1.54) is 94.6 Å². The van der Waals surface area contributed by atoms with E-state index in [1.807, 2.05) is 6.92 Å². The van der Waals surface area contributed by atoms with E-state index in [1.54, 1.807) is 0 Å². The quantitative estimate of drug-likeness (QED) is 0.166. The van der Waals surface area contributed by atoms with Gasteiger partial charge in [-0.25, -0.2) is 0 Å². The van der Waals surface area contributed by atoms with Crippen molar-refractivity contribution < 1.29 is 18.9 Å². The zero-order chi connectivity index (χ0) is 34.8. The van der Waals surface area contributed by atoms with Gasteiger partial charge in [0, 0.05) is 18.4 Å². The lowest BCUT2D eigenvalue weighted by molar-refractivity contribution is -0.119. The van der Waals surface area contributed by atoms with Gasteiger partial charge in [-0.2, -0.15) is 0 Å². The molecule has 0 amide bonds. The van der Waals surface area contributed by atoms with Crippen molar-refractivity contribution in [1.82, 2.24) is 0 Å². The standard InChI is InChI=1S/C26H40O2.C19H30O2/c1-5-18(4)19-9-11-22(12-10-19)28-26(17(2)3)27-14-13-20-15-21-16-25(20)24-8-6-7-23(21)24;1-4-15(3)16-11-13-18(14-12-16)21-19(20-5-2)17-9-7-6-8-10-17/h9-12,17-18,20-21,23-26H,5-8,13-16H2,1-4H3;11-15,17,19H,4-10H2,1-3H3. The normalized spacial score (nSPS) is 27.2. The minimum Gasteiger partial charge on any atom is -0.465 e. The summed E-state index contributed by atoms with van der Waals surface area (Å²) in [6.07, 6.45) is 17.3. The first-order valence-corrected chi connectivity index (χ1v) is 20.6. The summed E-state index contributed by atoms with van der Waals surface area (Å²) < 4.78 is 24.5. The Labute approximate surface area is 300 Å². The lowest BCUT2D eigenvalue weighted by Gasteiger charge is -2.32. The SMILES string of the molecule is CCC(C)c1ccc(OC(OCCC2CC3CC2C2CCCC32)C(C)C)cc1.CCOC(Oc1ccc(C(C)CC)cc1)C1CCCCC1. The minimum absolute atomic E-state index is 0.0789. The fourth-order valence-corrected chi connectivity index (χ4v) is 9.57. The lowest BCUT2D eigenvalue weighted by atomic mass is 9.75. The highest BCUT2D eigenvalue weighted by Gasteiger charge is 2.53. The van der Waals surface area contributed by atoms with Crippen LogP contribution in [0.3, 0.4) is 0 Å². The summed E-state index contributed by atoms with van der Waals surface area (Å²) in [5, 5.41) is 0. The largest absolute Gasteiger partial charge is 0.465 e. The topological polar surface area (TPSA) is 36.9 Å². The minimum atomic E-state index is -0.146. The van der Waals surface area contributed by atoms with E-state index in [0.717, 1.165) is 47.7 Å². The average molecular weight is 675 g/mol. The second-order valence-corrected chi connectivity index (χ2v) is 16.4. The molecule has 9 unspecified atom stereocenters. The van der Waals surface area contributed by atoms with Crippen LogP contribution in [0.25, 0.3) is 0 Å². The fraction of sp³-hybridized carbons (Fsp3) is 0.733. The maximum absolute atomic E-state index is 6.27. The number of benzene rings is 2. The average Bonchev–Trinajstić information content (AvgIpc) is 3.87. The van der Waals surface area contributed by atoms with Crippen molar-refractivity contribution in [2.75, 3.05) is 13.2 Å². The van der Waals surface area contributed by atoms with Gasteiger partial charge in [-0.15, -0.1) is 0 Å². The van der Waals surface area contributed by atoms with Gasteiger partial charge in [-0.05, 0) is 142 Å². The smallest absolute Gasteiger partial charge is 0.202 e. The van der Waals surface area contributed by atoms with Crippen molar-refractivity contribution >= 4 is 0 Å². The van der Waals surface area contributed by atoms with Crippen molar-refractivity contribution in [2.24, 2.45) is 41.4 Å². The van der Waals surface area contributed by atoms with Gasteiger partial charge in [-0.1, -0.05) is 91.5 Å². The van der Waals surface area contributed by atoms with Gasteiger partial charge in [0.2, 0.25) is 12.6 Å². The van der Waals surface area contributed by atoms with E-state index in [4.69, 9.17) is 18.9 Å². The Kier molecular flexibility index (Phi) is 14.8. The Balaban J connectivity index is 0.000000200. The Bertz CT molecular complexity index is 1200. The number of hydrogen-bond acceptors (Lipinski definition) is 4. The molecule has 0 heterocycles. The molecular formula is C45H70O4. The molecule has 0 radical (unpaired) electrons. The van der Waals surface area contributed by atoms with Gasteiger partial charge in [-0.3, -0.25) is 0 Å². The van der Waals surface area contributed by atoms with Crippen LogP contribution in [0.1, 0.15) is 155 Å². The molecule has 4 fully saturated rings. The monoisotopic (exact) mass is 675 g/mol. The summed E-state index contributed by atoms with van der Waals surface area (Å²) in [7, 11) is 0. The van der Waals surface area contributed by atoms with Gasteiger partial charge in [0.15, 0.2) is 0 Å². The molecule has 4 aliphatic rings. The third-order valence-electron chi connectivity index (χ3n) is 12.9. The van der Waals surface area contributed by atoms with Crippen LogP contribution in [0, 0.1) is 41.4 Å². The van der Waals surface area contributed by atoms with E-state index in [0.29, 0.717) is 30.3 Å². The maximum atomic E-state index is 6.27. The van der Waals surface area contributed by atoms with Gasteiger partial charge >= 0.3 is 0 Å².